The molecule has 0 saturated heterocycles. The standard InChI is InChI=1S/C16H21ClO4/c1-10(2)16(19)8-15(9-16,14(18)21-4)11-5-6-13(20-3)12(17)7-11/h5-7,10,19H,8-9H2,1-4H3. The van der Waals surface area contributed by atoms with Crippen molar-refractivity contribution in [1.29, 1.82) is 0 Å². The minimum Gasteiger partial charge on any atom is -0.495 e. The average Bonchev–Trinajstić information content (AvgIpc) is 2.42. The van der Waals surface area contributed by atoms with Gasteiger partial charge in [0.1, 0.15) is 5.75 Å². The van der Waals surface area contributed by atoms with Crippen LogP contribution in [0.15, 0.2) is 18.2 Å². The Morgan fingerprint density at radius 1 is 1.33 bits per heavy atom. The molecule has 0 heterocycles. The van der Waals surface area contributed by atoms with Crippen molar-refractivity contribution in [1.82, 2.24) is 0 Å². The van der Waals surface area contributed by atoms with Crippen molar-refractivity contribution in [2.24, 2.45) is 5.92 Å². The molecule has 0 aliphatic heterocycles. The molecule has 5 heteroatoms. The van der Waals surface area contributed by atoms with E-state index in [-0.39, 0.29) is 11.9 Å². The number of halogens is 1. The number of ether oxygens (including phenoxy) is 2. The van der Waals surface area contributed by atoms with Crippen LogP contribution in [-0.4, -0.2) is 30.9 Å². The van der Waals surface area contributed by atoms with Gasteiger partial charge in [0.15, 0.2) is 0 Å². The fourth-order valence-electron chi connectivity index (χ4n) is 3.03. The van der Waals surface area contributed by atoms with Crippen molar-refractivity contribution in [3.63, 3.8) is 0 Å². The van der Waals surface area contributed by atoms with E-state index in [1.54, 1.807) is 12.1 Å². The molecule has 0 amide bonds. The van der Waals surface area contributed by atoms with Gasteiger partial charge >= 0.3 is 5.97 Å². The lowest BCUT2D eigenvalue weighted by Gasteiger charge is -2.53. The van der Waals surface area contributed by atoms with Gasteiger partial charge in [0.25, 0.3) is 0 Å². The molecule has 1 aliphatic rings. The highest BCUT2D eigenvalue weighted by Gasteiger charge is 2.61. The topological polar surface area (TPSA) is 55.8 Å². The Balaban J connectivity index is 2.40. The summed E-state index contributed by atoms with van der Waals surface area (Å²) in [5, 5.41) is 11.0. The Labute approximate surface area is 130 Å². The fourth-order valence-corrected chi connectivity index (χ4v) is 3.29. The van der Waals surface area contributed by atoms with Gasteiger partial charge in [-0.15, -0.1) is 0 Å². The average molecular weight is 313 g/mol. The first kappa shape index (κ1) is 16.1. The van der Waals surface area contributed by atoms with Crippen LogP contribution >= 0.6 is 11.6 Å². The number of aliphatic hydroxyl groups is 1. The Kier molecular flexibility index (Phi) is 4.22. The van der Waals surface area contributed by atoms with E-state index in [1.165, 1.54) is 14.2 Å². The van der Waals surface area contributed by atoms with Crippen molar-refractivity contribution in [2.45, 2.75) is 37.7 Å². The smallest absolute Gasteiger partial charge is 0.316 e. The number of benzene rings is 1. The molecule has 1 fully saturated rings. The molecule has 1 aromatic rings. The second kappa shape index (κ2) is 5.50. The largest absolute Gasteiger partial charge is 0.495 e. The van der Waals surface area contributed by atoms with Crippen molar-refractivity contribution >= 4 is 17.6 Å². The van der Waals surface area contributed by atoms with Crippen LogP contribution in [0, 0.1) is 5.92 Å². The number of hydrogen-bond donors (Lipinski definition) is 1. The first-order valence-corrected chi connectivity index (χ1v) is 7.32. The number of esters is 1. The van der Waals surface area contributed by atoms with Gasteiger partial charge in [-0.25, -0.2) is 0 Å². The molecule has 116 valence electrons. The molecule has 1 aliphatic carbocycles. The second-order valence-corrected chi connectivity index (χ2v) is 6.44. The molecule has 4 nitrogen and oxygen atoms in total. The van der Waals surface area contributed by atoms with Gasteiger partial charge in [-0.05, 0) is 36.5 Å². The highest BCUT2D eigenvalue weighted by Crippen LogP contribution is 2.54. The molecule has 0 radical (unpaired) electrons. The molecule has 1 saturated carbocycles. The fraction of sp³-hybridized carbons (Fsp3) is 0.562. The Hall–Kier alpha value is -1.26. The van der Waals surface area contributed by atoms with Crippen LogP contribution in [0.3, 0.4) is 0 Å². The van der Waals surface area contributed by atoms with E-state index in [9.17, 15) is 9.90 Å². The van der Waals surface area contributed by atoms with E-state index in [1.807, 2.05) is 19.9 Å². The summed E-state index contributed by atoms with van der Waals surface area (Å²) in [5.41, 5.74) is -0.921. The lowest BCUT2D eigenvalue weighted by molar-refractivity contribution is -0.175. The third-order valence-electron chi connectivity index (χ3n) is 4.57. The van der Waals surface area contributed by atoms with Crippen LogP contribution in [0.5, 0.6) is 5.75 Å². The molecule has 0 bridgehead atoms. The predicted molar refractivity (Wildman–Crippen MR) is 80.7 cm³/mol. The minimum atomic E-state index is -0.847. The van der Waals surface area contributed by atoms with Crippen LogP contribution in [0.1, 0.15) is 32.3 Å². The summed E-state index contributed by atoms with van der Waals surface area (Å²) >= 11 is 6.16. The molecule has 2 rings (SSSR count). The zero-order valence-corrected chi connectivity index (χ0v) is 13.5. The molecule has 0 spiro atoms. The lowest BCUT2D eigenvalue weighted by Crippen LogP contribution is -2.61. The van der Waals surface area contributed by atoms with Gasteiger partial charge < -0.3 is 14.6 Å². The maximum atomic E-state index is 12.3. The molecule has 1 N–H and O–H groups in total. The monoisotopic (exact) mass is 312 g/mol. The zero-order chi connectivity index (χ0) is 15.8. The highest BCUT2D eigenvalue weighted by atomic mass is 35.5. The summed E-state index contributed by atoms with van der Waals surface area (Å²) in [6.45, 7) is 3.89. The maximum absolute atomic E-state index is 12.3. The number of hydrogen-bond acceptors (Lipinski definition) is 4. The van der Waals surface area contributed by atoms with Crippen molar-refractivity contribution < 1.29 is 19.4 Å². The van der Waals surface area contributed by atoms with Crippen molar-refractivity contribution in [2.75, 3.05) is 14.2 Å². The molecule has 1 aromatic carbocycles. The number of carbonyl (C=O) groups is 1. The molecular weight excluding hydrogens is 292 g/mol. The van der Waals surface area contributed by atoms with Crippen LogP contribution in [0.25, 0.3) is 0 Å². The summed E-state index contributed by atoms with van der Waals surface area (Å²) in [6, 6.07) is 5.26. The first-order chi connectivity index (χ1) is 9.79. The predicted octanol–water partition coefficient (Wildman–Crippen LogP) is 2.94. The van der Waals surface area contributed by atoms with E-state index in [4.69, 9.17) is 21.1 Å². The van der Waals surface area contributed by atoms with E-state index in [0.29, 0.717) is 23.6 Å². The third-order valence-corrected chi connectivity index (χ3v) is 4.87. The second-order valence-electron chi connectivity index (χ2n) is 6.03. The lowest BCUT2D eigenvalue weighted by atomic mass is 9.53. The highest BCUT2D eigenvalue weighted by molar-refractivity contribution is 6.32. The number of carbonyl (C=O) groups excluding carboxylic acids is 1. The zero-order valence-electron chi connectivity index (χ0n) is 12.8. The molecule has 0 atom stereocenters. The van der Waals surface area contributed by atoms with E-state index in [2.05, 4.69) is 0 Å². The molecular formula is C16H21ClO4. The summed E-state index contributed by atoms with van der Waals surface area (Å²) in [5.74, 6) is 0.289. The van der Waals surface area contributed by atoms with Crippen LogP contribution < -0.4 is 4.74 Å². The summed E-state index contributed by atoms with van der Waals surface area (Å²) in [7, 11) is 2.90. The quantitative estimate of drug-likeness (QED) is 0.869. The van der Waals surface area contributed by atoms with Crippen molar-refractivity contribution in [3.05, 3.63) is 28.8 Å². The Morgan fingerprint density at radius 3 is 2.38 bits per heavy atom. The minimum absolute atomic E-state index is 0.0731. The maximum Gasteiger partial charge on any atom is 0.316 e. The van der Waals surface area contributed by atoms with Gasteiger partial charge in [0, 0.05) is 0 Å². The molecule has 0 aromatic heterocycles. The van der Waals surface area contributed by atoms with Crippen LogP contribution in [-0.2, 0) is 14.9 Å². The van der Waals surface area contributed by atoms with Gasteiger partial charge in [-0.3, -0.25) is 4.79 Å². The molecule has 21 heavy (non-hydrogen) atoms. The summed E-state index contributed by atoms with van der Waals surface area (Å²) in [6.07, 6.45) is 0.681. The number of methoxy groups -OCH3 is 2. The number of rotatable bonds is 4. The SMILES string of the molecule is COC(=O)C1(c2ccc(OC)c(Cl)c2)CC(O)(C(C)C)C1. The van der Waals surface area contributed by atoms with E-state index in [0.717, 1.165) is 5.56 Å². The molecule has 0 unspecified atom stereocenters. The van der Waals surface area contributed by atoms with Crippen LogP contribution in [0.4, 0.5) is 0 Å². The van der Waals surface area contributed by atoms with Crippen molar-refractivity contribution in [3.8, 4) is 5.75 Å². The van der Waals surface area contributed by atoms with Gasteiger partial charge in [0.2, 0.25) is 0 Å². The Morgan fingerprint density at radius 2 is 1.95 bits per heavy atom. The first-order valence-electron chi connectivity index (χ1n) is 6.94. The summed E-state index contributed by atoms with van der Waals surface area (Å²) < 4.78 is 10.1. The van der Waals surface area contributed by atoms with E-state index >= 15 is 0 Å². The van der Waals surface area contributed by atoms with Crippen LogP contribution in [0.2, 0.25) is 5.02 Å². The summed E-state index contributed by atoms with van der Waals surface area (Å²) in [4.78, 5) is 12.3. The normalized spacial score (nSPS) is 28.1. The van der Waals surface area contributed by atoms with Gasteiger partial charge in [-0.2, -0.15) is 0 Å². The van der Waals surface area contributed by atoms with Gasteiger partial charge in [0.05, 0.1) is 30.3 Å². The third kappa shape index (κ3) is 2.51. The van der Waals surface area contributed by atoms with E-state index < -0.39 is 11.0 Å². The van der Waals surface area contributed by atoms with Gasteiger partial charge in [-0.1, -0.05) is 31.5 Å². The Bertz CT molecular complexity index is 547.